The maximum atomic E-state index is 6.25. The Morgan fingerprint density at radius 1 is 1.00 bits per heavy atom. The minimum absolute atomic E-state index is 0.270. The van der Waals surface area contributed by atoms with Crippen LogP contribution in [0.1, 0.15) is 20.8 Å². The number of benzene rings is 2. The molecule has 0 unspecified atom stereocenters. The summed E-state index contributed by atoms with van der Waals surface area (Å²) in [6.07, 6.45) is 0. The van der Waals surface area contributed by atoms with Crippen LogP contribution >= 0.6 is 43.5 Å². The summed E-state index contributed by atoms with van der Waals surface area (Å²) in [5.74, 6) is 0. The fourth-order valence-corrected chi connectivity index (χ4v) is 4.03. The minimum Gasteiger partial charge on any atom is -0.0840 e. The third-order valence-corrected chi connectivity index (χ3v) is 5.94. The molecule has 3 rings (SSSR count). The fraction of sp³-hybridized carbons (Fsp3) is 0.167. The van der Waals surface area contributed by atoms with Crippen LogP contribution in [0.4, 0.5) is 0 Å². The predicted molar refractivity (Wildman–Crippen MR) is 72.3 cm³/mol. The Morgan fingerprint density at radius 3 is 2.60 bits per heavy atom. The van der Waals surface area contributed by atoms with E-state index < -0.39 is 0 Å². The van der Waals surface area contributed by atoms with Crippen molar-refractivity contribution in [3.63, 3.8) is 0 Å². The molecule has 0 fully saturated rings. The second kappa shape index (κ2) is 3.47. The molecule has 0 aliphatic heterocycles. The van der Waals surface area contributed by atoms with Gasteiger partial charge in [0.1, 0.15) is 0 Å². The third kappa shape index (κ3) is 1.31. The summed E-state index contributed by atoms with van der Waals surface area (Å²) in [5.41, 5.74) is 2.54. The first kappa shape index (κ1) is 10.1. The molecule has 15 heavy (non-hydrogen) atoms. The summed E-state index contributed by atoms with van der Waals surface area (Å²) < 4.78 is 0. The van der Waals surface area contributed by atoms with E-state index in [1.165, 1.54) is 21.9 Å². The normalized spacial score (nSPS) is 23.7. The second-order valence-electron chi connectivity index (χ2n) is 3.71. The molecule has 1 aliphatic rings. The van der Waals surface area contributed by atoms with Gasteiger partial charge in [-0.1, -0.05) is 67.7 Å². The van der Waals surface area contributed by atoms with E-state index >= 15 is 0 Å². The van der Waals surface area contributed by atoms with Gasteiger partial charge >= 0.3 is 0 Å². The van der Waals surface area contributed by atoms with Gasteiger partial charge in [0.05, 0.1) is 9.65 Å². The van der Waals surface area contributed by atoms with Gasteiger partial charge in [-0.25, -0.2) is 0 Å². The van der Waals surface area contributed by atoms with Gasteiger partial charge in [0.2, 0.25) is 0 Å². The monoisotopic (exact) mass is 344 g/mol. The van der Waals surface area contributed by atoms with Crippen molar-refractivity contribution < 1.29 is 0 Å². The Morgan fingerprint density at radius 2 is 1.80 bits per heavy atom. The largest absolute Gasteiger partial charge is 0.0840 e. The zero-order chi connectivity index (χ0) is 10.6. The molecule has 0 saturated carbocycles. The molecule has 0 aromatic heterocycles. The van der Waals surface area contributed by atoms with Gasteiger partial charge in [0, 0.05) is 5.02 Å². The fourth-order valence-electron chi connectivity index (χ4n) is 2.21. The molecule has 0 bridgehead atoms. The minimum atomic E-state index is 0.270. The van der Waals surface area contributed by atoms with Gasteiger partial charge in [-0.05, 0) is 28.0 Å². The van der Waals surface area contributed by atoms with Crippen molar-refractivity contribution in [2.45, 2.75) is 9.65 Å². The Bertz CT molecular complexity index is 551. The molecule has 2 aromatic rings. The Hall–Kier alpha value is -0.0500. The molecular weight excluding hydrogens is 339 g/mol. The number of hydrogen-bond donors (Lipinski definition) is 0. The standard InChI is InChI=1S/C12H7Br2Cl/c13-11-7-3-1-2-6-4-5-8(15)10(9(6)7)12(11)14/h1-5,11-12H/t11-,12-/m1/s1. The summed E-state index contributed by atoms with van der Waals surface area (Å²) in [4.78, 5) is 0.585. The molecule has 0 saturated heterocycles. The Balaban J connectivity index is 2.51. The van der Waals surface area contributed by atoms with Crippen LogP contribution in [-0.4, -0.2) is 0 Å². The Kier molecular flexibility index (Phi) is 2.35. The molecule has 0 heterocycles. The van der Waals surface area contributed by atoms with Crippen LogP contribution in [0.2, 0.25) is 5.02 Å². The lowest BCUT2D eigenvalue weighted by molar-refractivity contribution is 0.999. The average Bonchev–Trinajstić information content (AvgIpc) is 2.50. The lowest BCUT2D eigenvalue weighted by Gasteiger charge is -2.08. The topological polar surface area (TPSA) is 0 Å². The summed E-state index contributed by atoms with van der Waals surface area (Å²) in [7, 11) is 0. The van der Waals surface area contributed by atoms with Crippen LogP contribution in [0, 0.1) is 0 Å². The van der Waals surface area contributed by atoms with E-state index in [-0.39, 0.29) is 4.83 Å². The third-order valence-electron chi connectivity index (χ3n) is 2.89. The van der Waals surface area contributed by atoms with Crippen molar-refractivity contribution in [2.24, 2.45) is 0 Å². The van der Waals surface area contributed by atoms with Crippen molar-refractivity contribution in [3.05, 3.63) is 46.5 Å². The van der Waals surface area contributed by atoms with Gasteiger partial charge in [-0.15, -0.1) is 0 Å². The molecule has 2 atom stereocenters. The number of rotatable bonds is 0. The Labute approximate surface area is 110 Å². The van der Waals surface area contributed by atoms with Crippen molar-refractivity contribution in [3.8, 4) is 0 Å². The summed E-state index contributed by atoms with van der Waals surface area (Å²) in [5, 5.41) is 3.41. The SMILES string of the molecule is Clc1ccc2cccc3c2c1[C@@H](Br)[C@@H]3Br. The number of hydrogen-bond acceptors (Lipinski definition) is 0. The molecule has 2 aromatic carbocycles. The van der Waals surface area contributed by atoms with E-state index in [2.05, 4.69) is 56.1 Å². The smallest absolute Gasteiger partial charge is 0.0582 e. The van der Waals surface area contributed by atoms with Crippen LogP contribution < -0.4 is 0 Å². The first-order chi connectivity index (χ1) is 7.20. The van der Waals surface area contributed by atoms with Gasteiger partial charge in [-0.3, -0.25) is 0 Å². The van der Waals surface area contributed by atoms with E-state index in [0.29, 0.717) is 4.83 Å². The van der Waals surface area contributed by atoms with Crippen LogP contribution in [-0.2, 0) is 0 Å². The molecule has 76 valence electrons. The molecule has 0 nitrogen and oxygen atoms in total. The highest BCUT2D eigenvalue weighted by Crippen LogP contribution is 2.54. The zero-order valence-corrected chi connectivity index (χ0v) is 11.6. The summed E-state index contributed by atoms with van der Waals surface area (Å²) in [6.45, 7) is 0. The summed E-state index contributed by atoms with van der Waals surface area (Å²) in [6, 6.07) is 10.4. The first-order valence-corrected chi connectivity index (χ1v) is 6.90. The number of alkyl halides is 2. The van der Waals surface area contributed by atoms with Crippen molar-refractivity contribution in [1.82, 2.24) is 0 Å². The van der Waals surface area contributed by atoms with E-state index in [1.54, 1.807) is 0 Å². The summed E-state index contributed by atoms with van der Waals surface area (Å²) >= 11 is 13.6. The van der Waals surface area contributed by atoms with Gasteiger partial charge < -0.3 is 0 Å². The van der Waals surface area contributed by atoms with E-state index in [9.17, 15) is 0 Å². The zero-order valence-electron chi connectivity index (χ0n) is 7.68. The average molecular weight is 346 g/mol. The maximum absolute atomic E-state index is 6.25. The molecular formula is C12H7Br2Cl. The van der Waals surface area contributed by atoms with Crippen molar-refractivity contribution in [1.29, 1.82) is 0 Å². The van der Waals surface area contributed by atoms with E-state index in [0.717, 1.165) is 5.02 Å². The maximum Gasteiger partial charge on any atom is 0.0582 e. The van der Waals surface area contributed by atoms with Crippen molar-refractivity contribution >= 4 is 54.2 Å². The van der Waals surface area contributed by atoms with Crippen LogP contribution in [0.5, 0.6) is 0 Å². The molecule has 0 radical (unpaired) electrons. The molecule has 0 N–H and O–H groups in total. The second-order valence-corrected chi connectivity index (χ2v) is 6.09. The highest BCUT2D eigenvalue weighted by molar-refractivity contribution is 9.12. The number of halogens is 3. The molecule has 0 amide bonds. The van der Waals surface area contributed by atoms with Crippen LogP contribution in [0.3, 0.4) is 0 Å². The predicted octanol–water partition coefficient (Wildman–Crippen LogP) is 5.38. The van der Waals surface area contributed by atoms with Crippen molar-refractivity contribution in [2.75, 3.05) is 0 Å². The lowest BCUT2D eigenvalue weighted by Crippen LogP contribution is -1.88. The quantitative estimate of drug-likeness (QED) is 0.562. The molecule has 1 aliphatic carbocycles. The molecule has 3 heteroatoms. The van der Waals surface area contributed by atoms with E-state index in [1.807, 2.05) is 6.07 Å². The highest BCUT2D eigenvalue weighted by Gasteiger charge is 2.32. The lowest BCUT2D eigenvalue weighted by atomic mass is 10.1. The molecule has 0 spiro atoms. The van der Waals surface area contributed by atoms with Gasteiger partial charge in [-0.2, -0.15) is 0 Å². The van der Waals surface area contributed by atoms with Crippen LogP contribution in [0.15, 0.2) is 30.3 Å². The first-order valence-electron chi connectivity index (χ1n) is 4.69. The van der Waals surface area contributed by atoms with Gasteiger partial charge in [0.15, 0.2) is 0 Å². The van der Waals surface area contributed by atoms with Crippen LogP contribution in [0.25, 0.3) is 10.8 Å². The van der Waals surface area contributed by atoms with E-state index in [4.69, 9.17) is 11.6 Å². The highest BCUT2D eigenvalue weighted by atomic mass is 79.9. The van der Waals surface area contributed by atoms with Gasteiger partial charge in [0.25, 0.3) is 0 Å².